The Morgan fingerprint density at radius 3 is 1.29 bits per heavy atom. The summed E-state index contributed by atoms with van der Waals surface area (Å²) in [5.74, 6) is 1.76. The van der Waals surface area contributed by atoms with Crippen LogP contribution in [0.1, 0.15) is 0 Å². The molecular formula is C57H36N6. The van der Waals surface area contributed by atoms with Crippen molar-refractivity contribution in [2.45, 2.75) is 0 Å². The molecule has 0 radical (unpaired) electrons. The van der Waals surface area contributed by atoms with E-state index in [1.807, 2.05) is 24.3 Å². The zero-order valence-electron chi connectivity index (χ0n) is 34.0. The van der Waals surface area contributed by atoms with Gasteiger partial charge in [-0.3, -0.25) is 4.57 Å². The summed E-state index contributed by atoms with van der Waals surface area (Å²) in [4.78, 5) is 16.0. The van der Waals surface area contributed by atoms with E-state index >= 15 is 0 Å². The molecule has 0 amide bonds. The van der Waals surface area contributed by atoms with Crippen molar-refractivity contribution in [3.63, 3.8) is 0 Å². The molecule has 9 aromatic carbocycles. The molecule has 0 saturated heterocycles. The van der Waals surface area contributed by atoms with Crippen molar-refractivity contribution < 1.29 is 0 Å². The molecule has 13 aromatic rings. The highest BCUT2D eigenvalue weighted by Gasteiger charge is 2.27. The molecule has 0 aliphatic heterocycles. The number of benzene rings is 9. The first-order valence-electron chi connectivity index (χ1n) is 21.3. The van der Waals surface area contributed by atoms with Crippen LogP contribution in [0, 0.1) is 0 Å². The lowest BCUT2D eigenvalue weighted by atomic mass is 10.0. The molecule has 0 spiro atoms. The molecule has 63 heavy (non-hydrogen) atoms. The highest BCUT2D eigenvalue weighted by molar-refractivity contribution is 6.29. The number of nitrogens with zero attached hydrogens (tertiary/aromatic N) is 6. The van der Waals surface area contributed by atoms with Gasteiger partial charge in [-0.1, -0.05) is 176 Å². The number of fused-ring (bicyclic) bond motifs is 10. The standard InChI is InChI=1S/C57H36N6/c1-4-18-37(19-5-1)38-32-34-40(35-33-38)56-58-55(39-20-6-2-7-21-39)59-57(60-56)63-49-31-17-13-27-45(49)53-51(62-46-28-14-10-24-42(46)43-25-11-15-29-47(43)62)36-50-52(54(53)63)44-26-12-16-30-48(44)61(50)41-22-8-3-9-23-41/h1-36H. The molecule has 0 saturated carbocycles. The van der Waals surface area contributed by atoms with E-state index in [0.717, 1.165) is 88.3 Å². The molecule has 0 atom stereocenters. The first-order valence-corrected chi connectivity index (χ1v) is 21.3. The van der Waals surface area contributed by atoms with Gasteiger partial charge in [-0.15, -0.1) is 0 Å². The van der Waals surface area contributed by atoms with Gasteiger partial charge in [0.25, 0.3) is 0 Å². The Labute approximate surface area is 362 Å². The maximum absolute atomic E-state index is 5.45. The average molecular weight is 805 g/mol. The third-order valence-electron chi connectivity index (χ3n) is 12.5. The number of aromatic nitrogens is 6. The van der Waals surface area contributed by atoms with Crippen LogP contribution in [0.4, 0.5) is 0 Å². The van der Waals surface area contributed by atoms with Gasteiger partial charge in [0.1, 0.15) is 0 Å². The fraction of sp³-hybridized carbons (Fsp3) is 0. The van der Waals surface area contributed by atoms with E-state index in [2.05, 4.69) is 208 Å². The molecule has 0 bridgehead atoms. The molecule has 4 heterocycles. The maximum atomic E-state index is 5.45. The lowest BCUT2D eigenvalue weighted by molar-refractivity contribution is 0.955. The minimum Gasteiger partial charge on any atom is -0.309 e. The summed E-state index contributed by atoms with van der Waals surface area (Å²) in [6.45, 7) is 0. The molecule has 4 aromatic heterocycles. The minimum absolute atomic E-state index is 0.550. The predicted octanol–water partition coefficient (Wildman–Crippen LogP) is 14.2. The normalized spacial score (nSPS) is 11.8. The van der Waals surface area contributed by atoms with Crippen molar-refractivity contribution in [2.75, 3.05) is 0 Å². The van der Waals surface area contributed by atoms with Gasteiger partial charge >= 0.3 is 0 Å². The van der Waals surface area contributed by atoms with Gasteiger partial charge in [-0.2, -0.15) is 9.97 Å². The molecule has 0 aliphatic carbocycles. The zero-order valence-corrected chi connectivity index (χ0v) is 34.0. The van der Waals surface area contributed by atoms with Crippen LogP contribution in [0.5, 0.6) is 0 Å². The number of rotatable bonds is 6. The minimum atomic E-state index is 0.550. The van der Waals surface area contributed by atoms with Crippen LogP contribution in [0.25, 0.3) is 117 Å². The number of hydrogen-bond acceptors (Lipinski definition) is 3. The van der Waals surface area contributed by atoms with Crippen LogP contribution in [-0.2, 0) is 0 Å². The van der Waals surface area contributed by atoms with E-state index in [1.54, 1.807) is 0 Å². The number of hydrogen-bond donors (Lipinski definition) is 0. The quantitative estimate of drug-likeness (QED) is 0.168. The van der Waals surface area contributed by atoms with E-state index in [0.29, 0.717) is 17.6 Å². The Hall–Kier alpha value is -8.61. The summed E-state index contributed by atoms with van der Waals surface area (Å²) >= 11 is 0. The van der Waals surface area contributed by atoms with Gasteiger partial charge in [0.15, 0.2) is 11.6 Å². The van der Waals surface area contributed by atoms with E-state index in [9.17, 15) is 0 Å². The highest BCUT2D eigenvalue weighted by atomic mass is 15.2. The summed E-state index contributed by atoms with van der Waals surface area (Å²) in [7, 11) is 0. The van der Waals surface area contributed by atoms with Crippen LogP contribution in [0.15, 0.2) is 218 Å². The summed E-state index contributed by atoms with van der Waals surface area (Å²) in [6.07, 6.45) is 0. The summed E-state index contributed by atoms with van der Waals surface area (Å²) in [5.41, 5.74) is 12.8. The first-order chi connectivity index (χ1) is 31.3. The van der Waals surface area contributed by atoms with Gasteiger partial charge in [-0.25, -0.2) is 4.98 Å². The van der Waals surface area contributed by atoms with E-state index < -0.39 is 0 Å². The van der Waals surface area contributed by atoms with Crippen LogP contribution >= 0.6 is 0 Å². The zero-order chi connectivity index (χ0) is 41.4. The van der Waals surface area contributed by atoms with Gasteiger partial charge < -0.3 is 9.13 Å². The maximum Gasteiger partial charge on any atom is 0.238 e. The van der Waals surface area contributed by atoms with Crippen LogP contribution in [0.3, 0.4) is 0 Å². The molecule has 0 unspecified atom stereocenters. The summed E-state index contributed by atoms with van der Waals surface area (Å²) in [6, 6.07) is 77.3. The largest absolute Gasteiger partial charge is 0.309 e. The van der Waals surface area contributed by atoms with Gasteiger partial charge in [0.2, 0.25) is 5.95 Å². The van der Waals surface area contributed by atoms with Crippen molar-refractivity contribution in [3.05, 3.63) is 218 Å². The summed E-state index contributed by atoms with van der Waals surface area (Å²) < 4.78 is 7.16. The lowest BCUT2D eigenvalue weighted by Crippen LogP contribution is -2.07. The van der Waals surface area contributed by atoms with Crippen molar-refractivity contribution in [1.82, 2.24) is 28.7 Å². The highest BCUT2D eigenvalue weighted by Crippen LogP contribution is 2.46. The van der Waals surface area contributed by atoms with Gasteiger partial charge in [0.05, 0.1) is 38.8 Å². The van der Waals surface area contributed by atoms with Crippen molar-refractivity contribution >= 4 is 65.4 Å². The molecular weight excluding hydrogens is 769 g/mol. The molecule has 0 N–H and O–H groups in total. The SMILES string of the molecule is c1ccc(-c2ccc(-c3nc(-c4ccccc4)nc(-n4c5ccccc5c5c(-n6c7ccccc7c7ccccc76)cc6c(c7ccccc7n6-c6ccccc6)c54)n3)cc2)cc1. The Morgan fingerprint density at radius 1 is 0.286 bits per heavy atom. The van der Waals surface area contributed by atoms with Crippen molar-refractivity contribution in [3.8, 4) is 51.2 Å². The molecule has 13 rings (SSSR count). The van der Waals surface area contributed by atoms with Crippen LogP contribution in [-0.4, -0.2) is 28.7 Å². The second-order valence-electron chi connectivity index (χ2n) is 16.0. The summed E-state index contributed by atoms with van der Waals surface area (Å²) in [5, 5.41) is 6.92. The molecule has 0 fully saturated rings. The second-order valence-corrected chi connectivity index (χ2v) is 16.0. The first kappa shape index (κ1) is 35.2. The smallest absolute Gasteiger partial charge is 0.238 e. The van der Waals surface area contributed by atoms with Crippen LogP contribution in [0.2, 0.25) is 0 Å². The molecule has 6 nitrogen and oxygen atoms in total. The van der Waals surface area contributed by atoms with E-state index in [1.165, 1.54) is 10.8 Å². The Bertz CT molecular complexity index is 3830. The molecule has 6 heteroatoms. The predicted molar refractivity (Wildman–Crippen MR) is 259 cm³/mol. The van der Waals surface area contributed by atoms with Crippen LogP contribution < -0.4 is 0 Å². The van der Waals surface area contributed by atoms with Crippen molar-refractivity contribution in [2.24, 2.45) is 0 Å². The second kappa shape index (κ2) is 14.0. The van der Waals surface area contributed by atoms with E-state index in [-0.39, 0.29) is 0 Å². The van der Waals surface area contributed by atoms with E-state index in [4.69, 9.17) is 15.0 Å². The van der Waals surface area contributed by atoms with Gasteiger partial charge in [0, 0.05) is 49.1 Å². The fourth-order valence-corrected chi connectivity index (χ4v) is 9.76. The average Bonchev–Trinajstić information content (AvgIpc) is 4.00. The van der Waals surface area contributed by atoms with Gasteiger partial charge in [-0.05, 0) is 53.6 Å². The number of para-hydroxylation sites is 5. The Balaban J connectivity index is 1.21. The Morgan fingerprint density at radius 2 is 0.698 bits per heavy atom. The fourth-order valence-electron chi connectivity index (χ4n) is 9.76. The topological polar surface area (TPSA) is 53.5 Å². The third-order valence-corrected chi connectivity index (χ3v) is 12.5. The lowest BCUT2D eigenvalue weighted by Gasteiger charge is -2.15. The third kappa shape index (κ3) is 5.41. The Kier molecular flexibility index (Phi) is 7.80. The monoisotopic (exact) mass is 804 g/mol. The molecule has 0 aliphatic rings. The van der Waals surface area contributed by atoms with Crippen molar-refractivity contribution in [1.29, 1.82) is 0 Å². The molecule has 294 valence electrons.